The molecule has 3 heterocycles. The van der Waals surface area contributed by atoms with Gasteiger partial charge >= 0.3 is 0 Å². The number of aromatic amines is 1. The average Bonchev–Trinajstić information content (AvgIpc) is 3.33. The first-order chi connectivity index (χ1) is 13.1. The first kappa shape index (κ1) is 17.2. The Kier molecular flexibility index (Phi) is 4.55. The van der Waals surface area contributed by atoms with Crippen LogP contribution in [-0.4, -0.2) is 26.1 Å². The molecular formula is C19H18N6OS. The van der Waals surface area contributed by atoms with E-state index in [4.69, 9.17) is 0 Å². The molecule has 0 radical (unpaired) electrons. The van der Waals surface area contributed by atoms with Crippen molar-refractivity contribution in [1.29, 1.82) is 0 Å². The standard InChI is InChI=1S/C19H18N6OS/c1-3-12-6-7-20-16(8-12)23-19-21-10-15(27-19)18(26)24-17-11(2)4-5-14-13(17)9-22-25-14/h4-10H,3H2,1-2H3,(H,22,25)(H,24,26)(H,20,21,23). The highest BCUT2D eigenvalue weighted by atomic mass is 32.1. The number of nitrogens with one attached hydrogen (secondary N) is 3. The third kappa shape index (κ3) is 3.52. The smallest absolute Gasteiger partial charge is 0.267 e. The summed E-state index contributed by atoms with van der Waals surface area (Å²) in [6.07, 6.45) is 5.97. The van der Waals surface area contributed by atoms with Crippen molar-refractivity contribution in [3.8, 4) is 0 Å². The van der Waals surface area contributed by atoms with Crippen molar-refractivity contribution in [3.63, 3.8) is 0 Å². The lowest BCUT2D eigenvalue weighted by atomic mass is 10.1. The number of rotatable bonds is 5. The minimum Gasteiger partial charge on any atom is -0.320 e. The molecule has 1 amide bonds. The van der Waals surface area contributed by atoms with Gasteiger partial charge < -0.3 is 10.6 Å². The number of hydrogen-bond donors (Lipinski definition) is 3. The predicted octanol–water partition coefficient (Wildman–Crippen LogP) is 4.28. The van der Waals surface area contributed by atoms with Crippen molar-refractivity contribution < 1.29 is 4.79 Å². The quantitative estimate of drug-likeness (QED) is 0.482. The largest absolute Gasteiger partial charge is 0.320 e. The number of fused-ring (bicyclic) bond motifs is 1. The van der Waals surface area contributed by atoms with Crippen LogP contribution in [-0.2, 0) is 6.42 Å². The van der Waals surface area contributed by atoms with E-state index in [0.717, 1.165) is 34.4 Å². The molecular weight excluding hydrogens is 360 g/mol. The van der Waals surface area contributed by atoms with Gasteiger partial charge in [0.25, 0.3) is 5.91 Å². The van der Waals surface area contributed by atoms with E-state index in [9.17, 15) is 4.79 Å². The van der Waals surface area contributed by atoms with Crippen LogP contribution in [0.4, 0.5) is 16.6 Å². The number of amides is 1. The number of anilines is 3. The van der Waals surface area contributed by atoms with E-state index < -0.39 is 0 Å². The van der Waals surface area contributed by atoms with Crippen LogP contribution in [0.3, 0.4) is 0 Å². The summed E-state index contributed by atoms with van der Waals surface area (Å²) in [6, 6.07) is 7.84. The van der Waals surface area contributed by atoms with Gasteiger partial charge in [0.2, 0.25) is 0 Å². The third-order valence-corrected chi connectivity index (χ3v) is 5.18. The normalized spacial score (nSPS) is 10.9. The van der Waals surface area contributed by atoms with Crippen molar-refractivity contribution in [2.24, 2.45) is 0 Å². The van der Waals surface area contributed by atoms with Crippen LogP contribution in [0.2, 0.25) is 0 Å². The highest BCUT2D eigenvalue weighted by Crippen LogP contribution is 2.28. The van der Waals surface area contributed by atoms with Crippen LogP contribution in [0, 0.1) is 6.92 Å². The maximum atomic E-state index is 12.7. The minimum atomic E-state index is -0.201. The summed E-state index contributed by atoms with van der Waals surface area (Å²) in [4.78, 5) is 21.8. The second kappa shape index (κ2) is 7.16. The number of H-pyrrole nitrogens is 1. The number of nitrogens with zero attached hydrogens (tertiary/aromatic N) is 3. The van der Waals surface area contributed by atoms with Gasteiger partial charge in [-0.3, -0.25) is 9.89 Å². The topological polar surface area (TPSA) is 95.6 Å². The highest BCUT2D eigenvalue weighted by Gasteiger charge is 2.15. The number of thiazole rings is 1. The molecule has 0 aliphatic rings. The Hall–Kier alpha value is -3.26. The van der Waals surface area contributed by atoms with E-state index >= 15 is 0 Å². The van der Waals surface area contributed by atoms with Gasteiger partial charge in [-0.15, -0.1) is 0 Å². The zero-order chi connectivity index (χ0) is 18.8. The zero-order valence-electron chi connectivity index (χ0n) is 14.9. The van der Waals surface area contributed by atoms with Crippen LogP contribution in [0.25, 0.3) is 10.9 Å². The Morgan fingerprint density at radius 3 is 2.96 bits per heavy atom. The Bertz CT molecular complexity index is 1120. The fourth-order valence-corrected chi connectivity index (χ4v) is 3.49. The Labute approximate surface area is 159 Å². The molecule has 0 aliphatic carbocycles. The van der Waals surface area contributed by atoms with E-state index in [1.807, 2.05) is 31.2 Å². The molecule has 8 heteroatoms. The molecule has 3 N–H and O–H groups in total. The molecule has 7 nitrogen and oxygen atoms in total. The van der Waals surface area contributed by atoms with Gasteiger partial charge in [-0.2, -0.15) is 5.10 Å². The van der Waals surface area contributed by atoms with Crippen LogP contribution < -0.4 is 10.6 Å². The van der Waals surface area contributed by atoms with Crippen molar-refractivity contribution in [3.05, 3.63) is 58.9 Å². The van der Waals surface area contributed by atoms with Crippen LogP contribution in [0.5, 0.6) is 0 Å². The van der Waals surface area contributed by atoms with Gasteiger partial charge in [-0.1, -0.05) is 24.3 Å². The van der Waals surface area contributed by atoms with Gasteiger partial charge in [0.1, 0.15) is 10.7 Å². The molecule has 0 aliphatic heterocycles. The van der Waals surface area contributed by atoms with Gasteiger partial charge in [0.05, 0.1) is 23.6 Å². The number of hydrogen-bond acceptors (Lipinski definition) is 6. The molecule has 4 rings (SSSR count). The maximum Gasteiger partial charge on any atom is 0.267 e. The number of aromatic nitrogens is 4. The summed E-state index contributed by atoms with van der Waals surface area (Å²) < 4.78 is 0. The first-order valence-electron chi connectivity index (χ1n) is 8.56. The van der Waals surface area contributed by atoms with E-state index in [1.54, 1.807) is 18.6 Å². The lowest BCUT2D eigenvalue weighted by molar-refractivity contribution is 0.103. The van der Waals surface area contributed by atoms with E-state index in [0.29, 0.717) is 10.0 Å². The van der Waals surface area contributed by atoms with Crippen molar-refractivity contribution in [2.45, 2.75) is 20.3 Å². The minimum absolute atomic E-state index is 0.201. The summed E-state index contributed by atoms with van der Waals surface area (Å²) in [6.45, 7) is 4.04. The number of aryl methyl sites for hydroxylation is 2. The lowest BCUT2D eigenvalue weighted by Crippen LogP contribution is -2.11. The molecule has 1 aromatic carbocycles. The molecule has 0 unspecified atom stereocenters. The Morgan fingerprint density at radius 1 is 1.22 bits per heavy atom. The molecule has 27 heavy (non-hydrogen) atoms. The fourth-order valence-electron chi connectivity index (χ4n) is 2.78. The SMILES string of the molecule is CCc1ccnc(Nc2ncc(C(=O)Nc3c(C)ccc4[nH]ncc34)s2)c1. The Morgan fingerprint density at radius 2 is 2.11 bits per heavy atom. The average molecular weight is 378 g/mol. The number of benzene rings is 1. The molecule has 0 saturated heterocycles. The van der Waals surface area contributed by atoms with Crippen molar-refractivity contribution >= 4 is 44.8 Å². The van der Waals surface area contributed by atoms with Gasteiger partial charge in [-0.05, 0) is 42.7 Å². The summed E-state index contributed by atoms with van der Waals surface area (Å²) in [5.74, 6) is 0.516. The predicted molar refractivity (Wildman–Crippen MR) is 108 cm³/mol. The summed E-state index contributed by atoms with van der Waals surface area (Å²) in [7, 11) is 0. The number of carbonyl (C=O) groups excluding carboxylic acids is 1. The molecule has 136 valence electrons. The first-order valence-corrected chi connectivity index (χ1v) is 9.37. The third-order valence-electron chi connectivity index (χ3n) is 4.27. The number of pyridine rings is 1. The summed E-state index contributed by atoms with van der Waals surface area (Å²) in [5.41, 5.74) is 3.79. The van der Waals surface area contributed by atoms with Gasteiger partial charge in [0.15, 0.2) is 5.13 Å². The molecule has 0 bridgehead atoms. The van der Waals surface area contributed by atoms with Gasteiger partial charge in [0, 0.05) is 11.6 Å². The molecule has 0 spiro atoms. The highest BCUT2D eigenvalue weighted by molar-refractivity contribution is 7.17. The molecule has 0 saturated carbocycles. The van der Waals surface area contributed by atoms with Crippen LogP contribution in [0.15, 0.2) is 42.9 Å². The number of carbonyl (C=O) groups is 1. The Balaban J connectivity index is 1.53. The molecule has 4 aromatic rings. The lowest BCUT2D eigenvalue weighted by Gasteiger charge is -2.08. The van der Waals surface area contributed by atoms with E-state index in [1.165, 1.54) is 16.9 Å². The van der Waals surface area contributed by atoms with Crippen LogP contribution >= 0.6 is 11.3 Å². The fraction of sp³-hybridized carbons (Fsp3) is 0.158. The van der Waals surface area contributed by atoms with Crippen molar-refractivity contribution in [1.82, 2.24) is 20.2 Å². The zero-order valence-corrected chi connectivity index (χ0v) is 15.7. The second-order valence-corrected chi connectivity index (χ2v) is 7.13. The van der Waals surface area contributed by atoms with E-state index in [2.05, 4.69) is 37.7 Å². The van der Waals surface area contributed by atoms with Crippen LogP contribution in [0.1, 0.15) is 27.7 Å². The maximum absolute atomic E-state index is 12.7. The molecule has 3 aromatic heterocycles. The second-order valence-electron chi connectivity index (χ2n) is 6.10. The van der Waals surface area contributed by atoms with E-state index in [-0.39, 0.29) is 5.91 Å². The monoisotopic (exact) mass is 378 g/mol. The summed E-state index contributed by atoms with van der Waals surface area (Å²) >= 11 is 1.28. The molecule has 0 atom stereocenters. The molecule has 0 fully saturated rings. The summed E-state index contributed by atoms with van der Waals surface area (Å²) in [5, 5.41) is 14.6. The van der Waals surface area contributed by atoms with Gasteiger partial charge in [-0.25, -0.2) is 9.97 Å². The van der Waals surface area contributed by atoms with Crippen molar-refractivity contribution in [2.75, 3.05) is 10.6 Å².